The lowest BCUT2D eigenvalue weighted by molar-refractivity contribution is -0.107. The van der Waals surface area contributed by atoms with Crippen molar-refractivity contribution in [2.45, 2.75) is 12.7 Å². The van der Waals surface area contributed by atoms with Crippen LogP contribution in [0.5, 0.6) is 11.5 Å². The molecule has 0 radical (unpaired) electrons. The quantitative estimate of drug-likeness (QED) is 0.229. The zero-order chi connectivity index (χ0) is 14.8. The minimum atomic E-state index is -0.482. The van der Waals surface area contributed by atoms with Crippen molar-refractivity contribution in [1.82, 2.24) is 0 Å². The van der Waals surface area contributed by atoms with E-state index in [0.717, 1.165) is 5.56 Å². The maximum atomic E-state index is 8.16. The first kappa shape index (κ1) is 16.1. The molecule has 0 aliphatic carbocycles. The van der Waals surface area contributed by atoms with Gasteiger partial charge in [0.1, 0.15) is 11.5 Å². The van der Waals surface area contributed by atoms with Crippen LogP contribution in [-0.2, 0) is 9.47 Å². The molecule has 110 valence electrons. The molecule has 0 aromatic heterocycles. The molecule has 1 aromatic carbocycles. The Morgan fingerprint density at radius 2 is 2.00 bits per heavy atom. The van der Waals surface area contributed by atoms with E-state index in [9.17, 15) is 0 Å². The number of benzene rings is 1. The molecule has 0 amide bonds. The molecule has 0 atom stereocenters. The van der Waals surface area contributed by atoms with Crippen LogP contribution in [0.1, 0.15) is 18.3 Å². The first-order valence-corrected chi connectivity index (χ1v) is 6.14. The number of azide groups is 1. The second kappa shape index (κ2) is 9.03. The molecule has 0 spiro atoms. The van der Waals surface area contributed by atoms with Crippen LogP contribution in [0.4, 0.5) is 0 Å². The number of methoxy groups -OCH3 is 3. The van der Waals surface area contributed by atoms with Gasteiger partial charge >= 0.3 is 0 Å². The molecule has 0 N–H and O–H groups in total. The number of hydrogen-bond acceptors (Lipinski definition) is 5. The molecule has 0 fully saturated rings. The molecular formula is C13H19N3O4. The summed E-state index contributed by atoms with van der Waals surface area (Å²) >= 11 is 0. The van der Waals surface area contributed by atoms with Crippen molar-refractivity contribution < 1.29 is 18.9 Å². The zero-order valence-corrected chi connectivity index (χ0v) is 11.9. The van der Waals surface area contributed by atoms with Crippen molar-refractivity contribution in [3.05, 3.63) is 34.2 Å². The Morgan fingerprint density at radius 1 is 1.25 bits per heavy atom. The monoisotopic (exact) mass is 281 g/mol. The fourth-order valence-electron chi connectivity index (χ4n) is 1.70. The molecule has 7 heteroatoms. The fourth-order valence-corrected chi connectivity index (χ4v) is 1.70. The lowest BCUT2D eigenvalue weighted by Gasteiger charge is -2.17. The van der Waals surface area contributed by atoms with Gasteiger partial charge in [-0.2, -0.15) is 0 Å². The fraction of sp³-hybridized carbons (Fsp3) is 0.538. The highest BCUT2D eigenvalue weighted by atomic mass is 16.7. The Morgan fingerprint density at radius 3 is 2.60 bits per heavy atom. The predicted molar refractivity (Wildman–Crippen MR) is 73.9 cm³/mol. The summed E-state index contributed by atoms with van der Waals surface area (Å²) in [6.45, 7) is 0.890. The molecule has 1 aromatic rings. The van der Waals surface area contributed by atoms with Crippen molar-refractivity contribution in [3.8, 4) is 11.5 Å². The molecule has 0 aliphatic heterocycles. The van der Waals surface area contributed by atoms with Crippen molar-refractivity contribution >= 4 is 0 Å². The number of nitrogens with zero attached hydrogens (tertiary/aromatic N) is 3. The highest BCUT2D eigenvalue weighted by molar-refractivity contribution is 5.41. The average Bonchev–Trinajstić information content (AvgIpc) is 2.49. The summed E-state index contributed by atoms with van der Waals surface area (Å²) in [6, 6.07) is 5.42. The summed E-state index contributed by atoms with van der Waals surface area (Å²) in [5.74, 6) is 1.31. The lowest BCUT2D eigenvalue weighted by Crippen LogP contribution is -2.06. The molecule has 7 nitrogen and oxygen atoms in total. The van der Waals surface area contributed by atoms with Crippen LogP contribution in [0.15, 0.2) is 23.3 Å². The maximum absolute atomic E-state index is 8.16. The maximum Gasteiger partial charge on any atom is 0.186 e. The molecule has 0 heterocycles. The van der Waals surface area contributed by atoms with Gasteiger partial charge in [0.25, 0.3) is 0 Å². The van der Waals surface area contributed by atoms with E-state index in [1.54, 1.807) is 27.4 Å². The molecule has 0 bridgehead atoms. The lowest BCUT2D eigenvalue weighted by atomic mass is 10.2. The van der Waals surface area contributed by atoms with Gasteiger partial charge < -0.3 is 18.9 Å². The third kappa shape index (κ3) is 4.62. The molecule has 0 unspecified atom stereocenters. The standard InChI is InChI=1S/C13H19N3O4/c1-17-12-9-10(20-8-4-7-15-16-14)5-6-11(12)13(18-2)19-3/h5-6,9,13H,4,7-8H2,1-3H3. The second-order valence-electron chi connectivity index (χ2n) is 3.86. The van der Waals surface area contributed by atoms with Gasteiger partial charge in [-0.15, -0.1) is 0 Å². The van der Waals surface area contributed by atoms with Crippen molar-refractivity contribution in [2.75, 3.05) is 34.5 Å². The summed E-state index contributed by atoms with van der Waals surface area (Å²) in [5, 5.41) is 3.44. The van der Waals surface area contributed by atoms with Crippen LogP contribution >= 0.6 is 0 Å². The highest BCUT2D eigenvalue weighted by Gasteiger charge is 2.15. The molecule has 0 saturated carbocycles. The van der Waals surface area contributed by atoms with E-state index in [0.29, 0.717) is 31.1 Å². The normalized spacial score (nSPS) is 10.2. The van der Waals surface area contributed by atoms with Gasteiger partial charge in [0.2, 0.25) is 0 Å². The van der Waals surface area contributed by atoms with Gasteiger partial charge in [0.05, 0.1) is 13.7 Å². The third-order valence-electron chi connectivity index (χ3n) is 2.62. The van der Waals surface area contributed by atoms with Crippen molar-refractivity contribution in [2.24, 2.45) is 5.11 Å². The molecule has 1 rings (SSSR count). The van der Waals surface area contributed by atoms with Gasteiger partial charge in [-0.3, -0.25) is 0 Å². The van der Waals surface area contributed by atoms with E-state index in [2.05, 4.69) is 10.0 Å². The summed E-state index contributed by atoms with van der Waals surface area (Å²) in [5.41, 5.74) is 8.95. The van der Waals surface area contributed by atoms with Gasteiger partial charge in [-0.25, -0.2) is 0 Å². The Labute approximate surface area is 118 Å². The smallest absolute Gasteiger partial charge is 0.186 e. The SMILES string of the molecule is COc1cc(OCCCN=[N+]=[N-])ccc1C(OC)OC. The zero-order valence-electron chi connectivity index (χ0n) is 11.9. The van der Waals surface area contributed by atoms with Gasteiger partial charge in [-0.05, 0) is 24.1 Å². The van der Waals surface area contributed by atoms with Crippen molar-refractivity contribution in [3.63, 3.8) is 0 Å². The molecule has 20 heavy (non-hydrogen) atoms. The topological polar surface area (TPSA) is 85.7 Å². The highest BCUT2D eigenvalue weighted by Crippen LogP contribution is 2.31. The first-order chi connectivity index (χ1) is 9.76. The van der Waals surface area contributed by atoms with Gasteiger partial charge in [0.15, 0.2) is 6.29 Å². The largest absolute Gasteiger partial charge is 0.496 e. The first-order valence-electron chi connectivity index (χ1n) is 6.14. The van der Waals surface area contributed by atoms with E-state index in [1.165, 1.54) is 0 Å². The summed E-state index contributed by atoms with van der Waals surface area (Å²) in [4.78, 5) is 2.68. The molecule has 0 saturated heterocycles. The van der Waals surface area contributed by atoms with Crippen LogP contribution in [0.25, 0.3) is 10.4 Å². The molecular weight excluding hydrogens is 262 g/mol. The van der Waals surface area contributed by atoms with Crippen LogP contribution in [0, 0.1) is 0 Å². The average molecular weight is 281 g/mol. The van der Waals surface area contributed by atoms with Gasteiger partial charge in [0, 0.05) is 37.3 Å². The van der Waals surface area contributed by atoms with Crippen LogP contribution in [0.3, 0.4) is 0 Å². The summed E-state index contributed by atoms with van der Waals surface area (Å²) < 4.78 is 21.3. The van der Waals surface area contributed by atoms with Crippen LogP contribution in [-0.4, -0.2) is 34.5 Å². The third-order valence-corrected chi connectivity index (χ3v) is 2.62. The van der Waals surface area contributed by atoms with Gasteiger partial charge in [-0.1, -0.05) is 5.11 Å². The van der Waals surface area contributed by atoms with E-state index in [-0.39, 0.29) is 0 Å². The minimum Gasteiger partial charge on any atom is -0.496 e. The Hall–Kier alpha value is -1.95. The predicted octanol–water partition coefficient (Wildman–Crippen LogP) is 3.07. The molecule has 0 aliphatic rings. The van der Waals surface area contributed by atoms with E-state index >= 15 is 0 Å². The summed E-state index contributed by atoms with van der Waals surface area (Å²) in [6.07, 6.45) is 0.177. The number of hydrogen-bond donors (Lipinski definition) is 0. The van der Waals surface area contributed by atoms with E-state index in [1.807, 2.05) is 12.1 Å². The van der Waals surface area contributed by atoms with Crippen LogP contribution < -0.4 is 9.47 Å². The van der Waals surface area contributed by atoms with E-state index in [4.69, 9.17) is 24.5 Å². The van der Waals surface area contributed by atoms with Crippen molar-refractivity contribution in [1.29, 1.82) is 0 Å². The minimum absolute atomic E-state index is 0.418. The Bertz CT molecular complexity index is 457. The number of rotatable bonds is 9. The Balaban J connectivity index is 2.69. The van der Waals surface area contributed by atoms with Crippen LogP contribution in [0.2, 0.25) is 0 Å². The Kier molecular flexibility index (Phi) is 7.27. The summed E-state index contributed by atoms with van der Waals surface area (Å²) in [7, 11) is 4.70. The second-order valence-corrected chi connectivity index (χ2v) is 3.86. The number of ether oxygens (including phenoxy) is 4. The van der Waals surface area contributed by atoms with E-state index < -0.39 is 6.29 Å².